The van der Waals surface area contributed by atoms with Crippen LogP contribution in [0.25, 0.3) is 0 Å². The first kappa shape index (κ1) is 10.7. The number of Topliss-reactive ketones (excluding diaryl/α,β-unsaturated/α-hetero) is 1. The van der Waals surface area contributed by atoms with Crippen molar-refractivity contribution < 1.29 is 4.79 Å². The molecule has 0 amide bonds. The summed E-state index contributed by atoms with van der Waals surface area (Å²) in [6.45, 7) is 1.85. The topological polar surface area (TPSA) is 17.1 Å². The lowest BCUT2D eigenvalue weighted by molar-refractivity contribution is 0.0988. The number of carbonyl (C=O) groups excluding carboxylic acids is 1. The zero-order valence-corrected chi connectivity index (χ0v) is 9.65. The van der Waals surface area contributed by atoms with Gasteiger partial charge < -0.3 is 0 Å². The zero-order chi connectivity index (χ0) is 9.84. The van der Waals surface area contributed by atoms with Crippen molar-refractivity contribution in [2.24, 2.45) is 0 Å². The number of alkyl halides is 1. The fourth-order valence-electron chi connectivity index (χ4n) is 1.09. The number of hydrogen-bond acceptors (Lipinski definition) is 1. The summed E-state index contributed by atoms with van der Waals surface area (Å²) in [4.78, 5) is 11.4. The summed E-state index contributed by atoms with van der Waals surface area (Å²) in [6.07, 6.45) is 0.526. The van der Waals surface area contributed by atoms with Crippen LogP contribution in [0.15, 0.2) is 22.7 Å². The quantitative estimate of drug-likeness (QED) is 0.598. The standard InChI is InChI=1S/C10H10BrClO/c1-2-10(13)8-3-7(6-12)4-9(11)5-8/h3-5H,2,6H2,1H3. The molecule has 0 radical (unpaired) electrons. The summed E-state index contributed by atoms with van der Waals surface area (Å²) in [7, 11) is 0. The van der Waals surface area contributed by atoms with Crippen LogP contribution in [0.2, 0.25) is 0 Å². The molecule has 0 unspecified atom stereocenters. The molecule has 0 aliphatic rings. The number of hydrogen-bond donors (Lipinski definition) is 0. The van der Waals surface area contributed by atoms with Gasteiger partial charge in [0, 0.05) is 22.3 Å². The molecular weight excluding hydrogens is 251 g/mol. The monoisotopic (exact) mass is 260 g/mol. The molecule has 3 heteroatoms. The zero-order valence-electron chi connectivity index (χ0n) is 7.31. The largest absolute Gasteiger partial charge is 0.294 e. The van der Waals surface area contributed by atoms with E-state index < -0.39 is 0 Å². The maximum absolute atomic E-state index is 11.4. The highest BCUT2D eigenvalue weighted by Gasteiger charge is 2.05. The number of ketones is 1. The van der Waals surface area contributed by atoms with Crippen LogP contribution in [0, 0.1) is 0 Å². The van der Waals surface area contributed by atoms with Gasteiger partial charge in [-0.2, -0.15) is 0 Å². The number of halogens is 2. The minimum Gasteiger partial charge on any atom is -0.294 e. The molecule has 0 spiro atoms. The van der Waals surface area contributed by atoms with E-state index in [1.807, 2.05) is 25.1 Å². The lowest BCUT2D eigenvalue weighted by atomic mass is 10.1. The van der Waals surface area contributed by atoms with Crippen LogP contribution in [0.1, 0.15) is 29.3 Å². The van der Waals surface area contributed by atoms with Crippen LogP contribution in [-0.4, -0.2) is 5.78 Å². The summed E-state index contributed by atoms with van der Waals surface area (Å²) in [5.74, 6) is 0.580. The smallest absolute Gasteiger partial charge is 0.162 e. The van der Waals surface area contributed by atoms with Gasteiger partial charge in [0.25, 0.3) is 0 Å². The highest BCUT2D eigenvalue weighted by molar-refractivity contribution is 9.10. The third-order valence-electron chi connectivity index (χ3n) is 1.75. The Labute approximate surface area is 91.2 Å². The molecule has 1 aromatic carbocycles. The Hall–Kier alpha value is -0.340. The molecule has 0 saturated carbocycles. The summed E-state index contributed by atoms with van der Waals surface area (Å²) >= 11 is 9.03. The average molecular weight is 262 g/mol. The van der Waals surface area contributed by atoms with Crippen molar-refractivity contribution in [3.8, 4) is 0 Å². The van der Waals surface area contributed by atoms with E-state index in [1.165, 1.54) is 0 Å². The molecule has 1 aromatic rings. The van der Waals surface area contributed by atoms with Crippen molar-refractivity contribution in [3.05, 3.63) is 33.8 Å². The SMILES string of the molecule is CCC(=O)c1cc(Br)cc(CCl)c1. The van der Waals surface area contributed by atoms with Crippen LogP contribution >= 0.6 is 27.5 Å². The number of benzene rings is 1. The van der Waals surface area contributed by atoms with Gasteiger partial charge in [-0.3, -0.25) is 4.79 Å². The first-order valence-corrected chi connectivity index (χ1v) is 5.38. The molecule has 0 bridgehead atoms. The predicted molar refractivity (Wildman–Crippen MR) is 58.3 cm³/mol. The van der Waals surface area contributed by atoms with E-state index >= 15 is 0 Å². The van der Waals surface area contributed by atoms with E-state index in [1.54, 1.807) is 0 Å². The van der Waals surface area contributed by atoms with E-state index in [4.69, 9.17) is 11.6 Å². The van der Waals surface area contributed by atoms with E-state index in [0.29, 0.717) is 12.3 Å². The Balaban J connectivity index is 3.08. The molecule has 0 fully saturated rings. The highest BCUT2D eigenvalue weighted by Crippen LogP contribution is 2.18. The summed E-state index contributed by atoms with van der Waals surface area (Å²) in [5, 5.41) is 0. The maximum Gasteiger partial charge on any atom is 0.162 e. The number of carbonyl (C=O) groups is 1. The molecule has 0 atom stereocenters. The molecule has 0 N–H and O–H groups in total. The fourth-order valence-corrected chi connectivity index (χ4v) is 1.79. The van der Waals surface area contributed by atoms with Gasteiger partial charge in [0.05, 0.1) is 0 Å². The summed E-state index contributed by atoms with van der Waals surface area (Å²) < 4.78 is 0.905. The summed E-state index contributed by atoms with van der Waals surface area (Å²) in [6, 6.07) is 5.57. The van der Waals surface area contributed by atoms with Crippen LogP contribution < -0.4 is 0 Å². The van der Waals surface area contributed by atoms with Crippen LogP contribution in [0.5, 0.6) is 0 Å². The van der Waals surface area contributed by atoms with Crippen molar-refractivity contribution in [2.75, 3.05) is 0 Å². The minimum atomic E-state index is 0.146. The second kappa shape index (κ2) is 4.77. The van der Waals surface area contributed by atoms with Gasteiger partial charge in [-0.1, -0.05) is 22.9 Å². The van der Waals surface area contributed by atoms with Crippen molar-refractivity contribution in [2.45, 2.75) is 19.2 Å². The van der Waals surface area contributed by atoms with Gasteiger partial charge in [-0.25, -0.2) is 0 Å². The van der Waals surface area contributed by atoms with Gasteiger partial charge in [-0.05, 0) is 23.8 Å². The molecule has 70 valence electrons. The Morgan fingerprint density at radius 3 is 2.69 bits per heavy atom. The third kappa shape index (κ3) is 2.82. The Bertz CT molecular complexity index is 323. The third-order valence-corrected chi connectivity index (χ3v) is 2.52. The molecule has 13 heavy (non-hydrogen) atoms. The van der Waals surface area contributed by atoms with Crippen molar-refractivity contribution >= 4 is 33.3 Å². The Morgan fingerprint density at radius 1 is 1.46 bits per heavy atom. The van der Waals surface area contributed by atoms with Gasteiger partial charge >= 0.3 is 0 Å². The van der Waals surface area contributed by atoms with Crippen molar-refractivity contribution in [1.82, 2.24) is 0 Å². The predicted octanol–water partition coefficient (Wildman–Crippen LogP) is 3.78. The first-order valence-electron chi connectivity index (χ1n) is 4.06. The fraction of sp³-hybridized carbons (Fsp3) is 0.300. The molecule has 0 saturated heterocycles. The van der Waals surface area contributed by atoms with Crippen LogP contribution in [0.3, 0.4) is 0 Å². The van der Waals surface area contributed by atoms with Gasteiger partial charge in [0.2, 0.25) is 0 Å². The highest BCUT2D eigenvalue weighted by atomic mass is 79.9. The maximum atomic E-state index is 11.4. The molecule has 1 nitrogen and oxygen atoms in total. The molecule has 0 heterocycles. The lowest BCUT2D eigenvalue weighted by Gasteiger charge is -2.02. The van der Waals surface area contributed by atoms with Gasteiger partial charge in [0.1, 0.15) is 0 Å². The Kier molecular flexibility index (Phi) is 3.94. The molecule has 0 aliphatic carbocycles. The van der Waals surface area contributed by atoms with Crippen LogP contribution in [0.4, 0.5) is 0 Å². The van der Waals surface area contributed by atoms with E-state index in [-0.39, 0.29) is 5.78 Å². The summed E-state index contributed by atoms with van der Waals surface area (Å²) in [5.41, 5.74) is 1.69. The van der Waals surface area contributed by atoms with Crippen LogP contribution in [-0.2, 0) is 5.88 Å². The average Bonchev–Trinajstić information content (AvgIpc) is 2.15. The van der Waals surface area contributed by atoms with Gasteiger partial charge in [0.15, 0.2) is 5.78 Å². The molecule has 0 aromatic heterocycles. The second-order valence-corrected chi connectivity index (χ2v) is 3.94. The van der Waals surface area contributed by atoms with E-state index in [9.17, 15) is 4.79 Å². The molecular formula is C10H10BrClO. The normalized spacial score (nSPS) is 10.1. The number of rotatable bonds is 3. The van der Waals surface area contributed by atoms with Crippen molar-refractivity contribution in [1.29, 1.82) is 0 Å². The first-order chi connectivity index (χ1) is 6.17. The van der Waals surface area contributed by atoms with Crippen molar-refractivity contribution in [3.63, 3.8) is 0 Å². The van der Waals surface area contributed by atoms with Gasteiger partial charge in [-0.15, -0.1) is 11.6 Å². The Morgan fingerprint density at radius 2 is 2.15 bits per heavy atom. The lowest BCUT2D eigenvalue weighted by Crippen LogP contribution is -1.97. The molecule has 1 rings (SSSR count). The molecule has 0 aliphatic heterocycles. The van der Waals surface area contributed by atoms with E-state index in [0.717, 1.165) is 15.6 Å². The second-order valence-electron chi connectivity index (χ2n) is 2.76. The van der Waals surface area contributed by atoms with E-state index in [2.05, 4.69) is 15.9 Å². The minimum absolute atomic E-state index is 0.146.